The van der Waals surface area contributed by atoms with Crippen molar-refractivity contribution in [1.82, 2.24) is 0 Å². The van der Waals surface area contributed by atoms with Crippen molar-refractivity contribution in [2.24, 2.45) is 0 Å². The maximum atomic E-state index is 10.6. The van der Waals surface area contributed by atoms with Gasteiger partial charge in [0.2, 0.25) is 0 Å². The highest BCUT2D eigenvalue weighted by Gasteiger charge is 2.01. The van der Waals surface area contributed by atoms with E-state index in [4.69, 9.17) is 4.42 Å². The zero-order valence-electron chi connectivity index (χ0n) is 8.00. The molecule has 0 fully saturated rings. The van der Waals surface area contributed by atoms with E-state index in [9.17, 15) is 4.79 Å². The van der Waals surface area contributed by atoms with Crippen LogP contribution in [0.4, 0.5) is 0 Å². The Kier molecular flexibility index (Phi) is 4.09. The summed E-state index contributed by atoms with van der Waals surface area (Å²) in [4.78, 5) is 10.6. The van der Waals surface area contributed by atoms with E-state index in [0.717, 1.165) is 17.3 Å². The Morgan fingerprint density at radius 2 is 2.38 bits per heavy atom. The number of furan rings is 1. The number of aryl methyl sites for hydroxylation is 1. The van der Waals surface area contributed by atoms with E-state index in [0.29, 0.717) is 6.42 Å². The van der Waals surface area contributed by atoms with E-state index in [-0.39, 0.29) is 5.78 Å². The Balaban J connectivity index is 2.20. The van der Waals surface area contributed by atoms with Crippen molar-refractivity contribution in [2.45, 2.75) is 26.0 Å². The van der Waals surface area contributed by atoms with Crippen LogP contribution in [-0.4, -0.2) is 11.5 Å². The molecule has 0 bridgehead atoms. The lowest BCUT2D eigenvalue weighted by molar-refractivity contribution is -0.116. The van der Waals surface area contributed by atoms with Crippen LogP contribution in [0.3, 0.4) is 0 Å². The predicted octanol–water partition coefficient (Wildman–Crippen LogP) is 2.80. The number of rotatable bonds is 5. The van der Waals surface area contributed by atoms with Crippen molar-refractivity contribution in [2.75, 3.05) is 5.75 Å². The lowest BCUT2D eigenvalue weighted by Gasteiger charge is -1.97. The lowest BCUT2D eigenvalue weighted by Crippen LogP contribution is -1.92. The number of thioether (sulfide) groups is 1. The second kappa shape index (κ2) is 5.12. The molecule has 13 heavy (non-hydrogen) atoms. The maximum Gasteiger partial charge on any atom is 0.130 e. The van der Waals surface area contributed by atoms with Gasteiger partial charge in [-0.15, -0.1) is 0 Å². The van der Waals surface area contributed by atoms with Crippen molar-refractivity contribution in [3.8, 4) is 0 Å². The topological polar surface area (TPSA) is 30.2 Å². The molecule has 0 amide bonds. The first-order chi connectivity index (χ1) is 6.20. The van der Waals surface area contributed by atoms with Crippen LogP contribution in [0.2, 0.25) is 0 Å². The highest BCUT2D eigenvalue weighted by Crippen LogP contribution is 2.17. The van der Waals surface area contributed by atoms with Crippen LogP contribution in [0, 0.1) is 6.92 Å². The van der Waals surface area contributed by atoms with Crippen molar-refractivity contribution in [1.29, 1.82) is 0 Å². The number of ketones is 1. The highest BCUT2D eigenvalue weighted by atomic mass is 32.2. The summed E-state index contributed by atoms with van der Waals surface area (Å²) in [6.07, 6.45) is 2.36. The fourth-order valence-electron chi connectivity index (χ4n) is 0.933. The Morgan fingerprint density at radius 1 is 1.62 bits per heavy atom. The summed E-state index contributed by atoms with van der Waals surface area (Å²) in [6, 6.07) is 1.96. The summed E-state index contributed by atoms with van der Waals surface area (Å²) in [5.41, 5.74) is 1.19. The van der Waals surface area contributed by atoms with Gasteiger partial charge in [0.15, 0.2) is 0 Å². The van der Waals surface area contributed by atoms with E-state index >= 15 is 0 Å². The molecule has 0 atom stereocenters. The van der Waals surface area contributed by atoms with Crippen LogP contribution in [0.5, 0.6) is 0 Å². The third-order valence-electron chi connectivity index (χ3n) is 1.80. The fraction of sp³-hybridized carbons (Fsp3) is 0.500. The molecule has 1 rings (SSSR count). The van der Waals surface area contributed by atoms with Crippen LogP contribution >= 0.6 is 11.8 Å². The van der Waals surface area contributed by atoms with E-state index < -0.39 is 0 Å². The third kappa shape index (κ3) is 3.68. The van der Waals surface area contributed by atoms with Gasteiger partial charge in [0.1, 0.15) is 11.5 Å². The Morgan fingerprint density at radius 3 is 2.92 bits per heavy atom. The van der Waals surface area contributed by atoms with E-state index in [1.54, 1.807) is 24.9 Å². The summed E-state index contributed by atoms with van der Waals surface area (Å²) in [5, 5.41) is 0. The Hall–Kier alpha value is -0.700. The molecule has 0 spiro atoms. The molecule has 1 aromatic rings. The average Bonchev–Trinajstić information content (AvgIpc) is 2.45. The van der Waals surface area contributed by atoms with Crippen molar-refractivity contribution < 1.29 is 9.21 Å². The molecule has 2 nitrogen and oxygen atoms in total. The standard InChI is InChI=1S/C10H14O2S/c1-8-3-5-12-10(8)7-13-6-4-9(2)11/h3,5H,4,6-7H2,1-2H3. The minimum absolute atomic E-state index is 0.253. The van der Waals surface area contributed by atoms with Gasteiger partial charge in [-0.3, -0.25) is 4.79 Å². The number of Topliss-reactive ketones (excluding diaryl/α,β-unsaturated/α-hetero) is 1. The minimum Gasteiger partial charge on any atom is -0.468 e. The molecule has 0 saturated heterocycles. The van der Waals surface area contributed by atoms with Crippen LogP contribution in [0.15, 0.2) is 16.7 Å². The van der Waals surface area contributed by atoms with E-state index in [1.165, 1.54) is 5.56 Å². The van der Waals surface area contributed by atoms with Crippen molar-refractivity contribution in [3.63, 3.8) is 0 Å². The first kappa shape index (κ1) is 10.4. The summed E-state index contributed by atoms with van der Waals surface area (Å²) >= 11 is 1.74. The van der Waals surface area contributed by atoms with Gasteiger partial charge in [0.05, 0.1) is 12.0 Å². The molecule has 0 aliphatic rings. The quantitative estimate of drug-likeness (QED) is 0.681. The van der Waals surface area contributed by atoms with Gasteiger partial charge in [-0.05, 0) is 25.5 Å². The summed E-state index contributed by atoms with van der Waals surface area (Å²) in [6.45, 7) is 3.66. The SMILES string of the molecule is CC(=O)CCSCc1occc1C. The van der Waals surface area contributed by atoms with Gasteiger partial charge in [0.25, 0.3) is 0 Å². The molecule has 0 radical (unpaired) electrons. The molecule has 72 valence electrons. The van der Waals surface area contributed by atoms with Crippen LogP contribution < -0.4 is 0 Å². The van der Waals surface area contributed by atoms with E-state index in [2.05, 4.69) is 0 Å². The molecule has 0 aliphatic heterocycles. The summed E-state index contributed by atoms with van der Waals surface area (Å²) < 4.78 is 5.27. The van der Waals surface area contributed by atoms with Gasteiger partial charge in [-0.1, -0.05) is 0 Å². The first-order valence-corrected chi connectivity index (χ1v) is 5.46. The zero-order valence-corrected chi connectivity index (χ0v) is 8.82. The second-order valence-electron chi connectivity index (χ2n) is 3.03. The molecular weight excluding hydrogens is 184 g/mol. The summed E-state index contributed by atoms with van der Waals surface area (Å²) in [7, 11) is 0. The zero-order chi connectivity index (χ0) is 9.68. The lowest BCUT2D eigenvalue weighted by atomic mass is 10.3. The highest BCUT2D eigenvalue weighted by molar-refractivity contribution is 7.98. The molecule has 1 aromatic heterocycles. The maximum absolute atomic E-state index is 10.6. The van der Waals surface area contributed by atoms with Crippen LogP contribution in [-0.2, 0) is 10.5 Å². The number of hydrogen-bond donors (Lipinski definition) is 0. The Labute approximate surface area is 82.7 Å². The monoisotopic (exact) mass is 198 g/mol. The van der Waals surface area contributed by atoms with Gasteiger partial charge >= 0.3 is 0 Å². The molecular formula is C10H14O2S. The van der Waals surface area contributed by atoms with E-state index in [1.807, 2.05) is 13.0 Å². The molecule has 3 heteroatoms. The largest absolute Gasteiger partial charge is 0.468 e. The third-order valence-corrected chi connectivity index (χ3v) is 2.76. The van der Waals surface area contributed by atoms with Gasteiger partial charge in [-0.25, -0.2) is 0 Å². The minimum atomic E-state index is 0.253. The number of carbonyl (C=O) groups excluding carboxylic acids is 1. The molecule has 0 aromatic carbocycles. The molecule has 0 aliphatic carbocycles. The van der Waals surface area contributed by atoms with Gasteiger partial charge in [0, 0.05) is 12.2 Å². The Bertz CT molecular complexity index is 278. The van der Waals surface area contributed by atoms with Crippen molar-refractivity contribution in [3.05, 3.63) is 23.7 Å². The first-order valence-electron chi connectivity index (χ1n) is 4.30. The van der Waals surface area contributed by atoms with Crippen LogP contribution in [0.25, 0.3) is 0 Å². The van der Waals surface area contributed by atoms with Crippen LogP contribution in [0.1, 0.15) is 24.7 Å². The van der Waals surface area contributed by atoms with Crippen molar-refractivity contribution >= 4 is 17.5 Å². The fourth-order valence-corrected chi connectivity index (χ4v) is 1.99. The molecule has 0 saturated carbocycles. The second-order valence-corrected chi connectivity index (χ2v) is 4.14. The average molecular weight is 198 g/mol. The van der Waals surface area contributed by atoms with Gasteiger partial charge < -0.3 is 4.42 Å². The smallest absolute Gasteiger partial charge is 0.130 e. The number of carbonyl (C=O) groups is 1. The molecule has 0 unspecified atom stereocenters. The normalized spacial score (nSPS) is 10.3. The number of hydrogen-bond acceptors (Lipinski definition) is 3. The van der Waals surface area contributed by atoms with Gasteiger partial charge in [-0.2, -0.15) is 11.8 Å². The molecule has 0 N–H and O–H groups in total. The molecule has 1 heterocycles. The predicted molar refractivity (Wildman–Crippen MR) is 54.9 cm³/mol. The summed E-state index contributed by atoms with van der Waals surface area (Å²) in [5.74, 6) is 3.03.